The lowest BCUT2D eigenvalue weighted by Gasteiger charge is -2.26. The number of allylic oxidation sites excluding steroid dienone is 4. The number of halogens is 6. The van der Waals surface area contributed by atoms with Crippen molar-refractivity contribution in [2.75, 3.05) is 33.2 Å². The van der Waals surface area contributed by atoms with Gasteiger partial charge in [-0.1, -0.05) is 117 Å². The van der Waals surface area contributed by atoms with Gasteiger partial charge >= 0.3 is 12.4 Å². The van der Waals surface area contributed by atoms with Crippen LogP contribution in [-0.2, 0) is 19.3 Å². The van der Waals surface area contributed by atoms with Crippen LogP contribution in [0.5, 0.6) is 5.75 Å². The number of fused-ring (bicyclic) bond motifs is 4. The van der Waals surface area contributed by atoms with Gasteiger partial charge in [0.1, 0.15) is 6.61 Å². The van der Waals surface area contributed by atoms with Crippen molar-refractivity contribution in [3.63, 3.8) is 0 Å². The Kier molecular flexibility index (Phi) is 25.0. The van der Waals surface area contributed by atoms with Crippen LogP contribution in [0.15, 0.2) is 176 Å². The molecule has 10 aromatic rings. The molecule has 12 rings (SSSR count). The van der Waals surface area contributed by atoms with E-state index in [1.807, 2.05) is 163 Å². The van der Waals surface area contributed by atoms with Crippen LogP contribution in [0.25, 0.3) is 46.1 Å². The molecule has 0 fully saturated rings. The molecule has 0 spiro atoms. The number of aromatic nitrogens is 4. The number of carbonyl (C=O) groups excluding carboxylic acids is 4. The second-order valence-electron chi connectivity index (χ2n) is 24.8. The van der Waals surface area contributed by atoms with Gasteiger partial charge in [-0.05, 0) is 215 Å². The molecule has 0 saturated carbocycles. The molecule has 1 atom stereocenters. The highest BCUT2D eigenvalue weighted by Crippen LogP contribution is 2.33. The van der Waals surface area contributed by atoms with E-state index in [0.29, 0.717) is 68.4 Å². The fourth-order valence-electron chi connectivity index (χ4n) is 11.7. The third-order valence-corrected chi connectivity index (χ3v) is 17.0. The number of nitrogens with zero attached hydrogens (tertiary/aromatic N) is 3. The number of rotatable bonds is 14. The summed E-state index contributed by atoms with van der Waals surface area (Å²) in [6.07, 6.45) is 9.18. The number of H-pyrrole nitrogens is 1. The van der Waals surface area contributed by atoms with Gasteiger partial charge in [-0.3, -0.25) is 29.3 Å². The van der Waals surface area contributed by atoms with E-state index >= 15 is 0 Å². The molecule has 102 heavy (non-hydrogen) atoms. The SMILES string of the molecule is C/C=C/c1ccc(C(=O)Nc2ccc3n[nH]c(CC)c3c2)c(C)c1.C/C=C/c1ccc(C(=O)Nc2ccc3nc(C)ccc3c2)c(C)c1.CCC1COc2cc(NC(=O)c3ccc(/C=C/C(F)(F)F)cc3C)cnc2N1.Cc1cc(/C=C/C(F)(F)F)ccc1C(=O)Nc1cccc2c1CCCC2. The van der Waals surface area contributed by atoms with Crippen LogP contribution < -0.4 is 31.3 Å². The monoisotopic (exact) mass is 1390 g/mol. The molecule has 0 radical (unpaired) electrons. The Labute approximate surface area is 589 Å². The van der Waals surface area contributed by atoms with E-state index in [1.165, 1.54) is 41.6 Å². The molecule has 0 saturated heterocycles. The van der Waals surface area contributed by atoms with Crippen molar-refractivity contribution in [3.8, 4) is 5.75 Å². The number of aryl methyl sites for hydroxylation is 7. The molecule has 1 aliphatic carbocycles. The van der Waals surface area contributed by atoms with Gasteiger partial charge in [-0.15, -0.1) is 0 Å². The van der Waals surface area contributed by atoms with Gasteiger partial charge in [0.25, 0.3) is 23.6 Å². The van der Waals surface area contributed by atoms with Gasteiger partial charge in [0, 0.05) is 79.7 Å². The number of nitrogens with one attached hydrogen (secondary N) is 6. The number of hydrogen-bond donors (Lipinski definition) is 6. The van der Waals surface area contributed by atoms with Gasteiger partial charge < -0.3 is 31.3 Å². The summed E-state index contributed by atoms with van der Waals surface area (Å²) in [5, 5.41) is 24.3. The second-order valence-corrected chi connectivity index (χ2v) is 24.8. The average Bonchev–Trinajstić information content (AvgIpc) is 1.10. The number of hydrogen-bond acceptors (Lipinski definition) is 9. The van der Waals surface area contributed by atoms with Crippen LogP contribution in [0.3, 0.4) is 0 Å². The van der Waals surface area contributed by atoms with Crippen LogP contribution >= 0.6 is 0 Å². The standard InChI is InChI=1S/C21H20F3NO.C21H20N2O.C20H20F3N3O2.C20H21N3O/c1-14-13-15(11-12-21(22,23)24)9-10-17(14)20(26)25-19-8-4-6-16-5-2-3-7-18(16)19;1-4-5-16-7-10-19(14(2)12-16)21(24)23-18-9-11-20-17(13-18)8-6-15(3)22-20;1-3-14-11-28-17-9-15(10-24-18(17)25-14)26-19(27)16-5-4-13(8-12(16)2)6-7-20(21,22)23;1-4-6-14-7-9-16(13(3)11-14)20(24)21-15-8-10-19-17(12-15)18(5-2)22-23-19/h4,6,8-13H,2-3,5,7H2,1H3,(H,25,26);4-13H,1-3H3,(H,23,24);4-10,14H,3,11H2,1-2H3,(H,24,25)(H,26,27);4,6-12H,5H2,1-3H3,(H,21,24)(H,22,23)/b12-11+;5-4+;7-6+;6-4+. The van der Waals surface area contributed by atoms with E-state index in [9.17, 15) is 45.5 Å². The molecule has 4 heterocycles. The maximum Gasteiger partial charge on any atom is 0.409 e. The first-order valence-electron chi connectivity index (χ1n) is 33.6. The molecule has 4 amide bonds. The van der Waals surface area contributed by atoms with Crippen LogP contribution in [0.1, 0.15) is 155 Å². The number of anilines is 5. The first-order chi connectivity index (χ1) is 48.8. The second kappa shape index (κ2) is 34.1. The number of benzene rings is 7. The van der Waals surface area contributed by atoms with Crippen molar-refractivity contribution < 1.29 is 50.3 Å². The molecule has 2 aliphatic rings. The van der Waals surface area contributed by atoms with Gasteiger partial charge in [-0.2, -0.15) is 31.4 Å². The Morgan fingerprint density at radius 1 is 0.549 bits per heavy atom. The van der Waals surface area contributed by atoms with Crippen molar-refractivity contribution in [1.82, 2.24) is 20.2 Å². The lowest BCUT2D eigenvalue weighted by Crippen LogP contribution is -2.31. The van der Waals surface area contributed by atoms with Crippen LogP contribution in [0.2, 0.25) is 0 Å². The van der Waals surface area contributed by atoms with Gasteiger partial charge in [0.15, 0.2) is 11.6 Å². The highest BCUT2D eigenvalue weighted by molar-refractivity contribution is 6.08. The summed E-state index contributed by atoms with van der Waals surface area (Å²) < 4.78 is 79.4. The minimum Gasteiger partial charge on any atom is -0.487 e. The summed E-state index contributed by atoms with van der Waals surface area (Å²) in [5.74, 6) is 0.382. The van der Waals surface area contributed by atoms with Gasteiger partial charge in [0.05, 0.1) is 29.0 Å². The Morgan fingerprint density at radius 3 is 1.56 bits per heavy atom. The topological polar surface area (TPSA) is 192 Å². The molecule has 1 aliphatic heterocycles. The Balaban J connectivity index is 0.000000158. The van der Waals surface area contributed by atoms with Crippen LogP contribution in [-0.4, -0.2) is 68.8 Å². The summed E-state index contributed by atoms with van der Waals surface area (Å²) >= 11 is 0. The molecule has 3 aromatic heterocycles. The third-order valence-electron chi connectivity index (χ3n) is 17.0. The lowest BCUT2D eigenvalue weighted by atomic mass is 9.90. The lowest BCUT2D eigenvalue weighted by molar-refractivity contribution is -0.0800. The normalized spacial score (nSPS) is 13.4. The summed E-state index contributed by atoms with van der Waals surface area (Å²) in [4.78, 5) is 59.1. The minimum absolute atomic E-state index is 0.0968. The molecule has 7 aromatic carbocycles. The molecule has 1 unspecified atom stereocenters. The van der Waals surface area contributed by atoms with Gasteiger partial charge in [0.2, 0.25) is 0 Å². The van der Waals surface area contributed by atoms with Crippen LogP contribution in [0, 0.1) is 34.6 Å². The largest absolute Gasteiger partial charge is 0.487 e. The Bertz CT molecular complexity index is 4840. The van der Waals surface area contributed by atoms with E-state index in [1.54, 1.807) is 32.0 Å². The summed E-state index contributed by atoms with van der Waals surface area (Å²) in [6, 6.07) is 44.2. The van der Waals surface area contributed by atoms with E-state index in [2.05, 4.69) is 59.7 Å². The number of amides is 4. The molecule has 20 heteroatoms. The smallest absolute Gasteiger partial charge is 0.409 e. The number of pyridine rings is 2. The van der Waals surface area contributed by atoms with Crippen molar-refractivity contribution in [3.05, 3.63) is 265 Å². The highest BCUT2D eigenvalue weighted by atomic mass is 19.4. The van der Waals surface area contributed by atoms with E-state index in [-0.39, 0.29) is 41.8 Å². The van der Waals surface area contributed by atoms with Crippen molar-refractivity contribution >= 4 is 98.3 Å². The fourth-order valence-corrected chi connectivity index (χ4v) is 11.7. The van der Waals surface area contributed by atoms with E-state index in [0.717, 1.165) is 123 Å². The molecule has 0 bridgehead atoms. The molecular formula is C82H81F6N9O5. The first kappa shape index (κ1) is 74.8. The Hall–Kier alpha value is -11.4. The summed E-state index contributed by atoms with van der Waals surface area (Å²) in [7, 11) is 0. The quantitative estimate of drug-likeness (QED) is 0.0575. The molecule has 526 valence electrons. The van der Waals surface area contributed by atoms with Crippen molar-refractivity contribution in [2.24, 2.45) is 0 Å². The first-order valence-corrected chi connectivity index (χ1v) is 33.6. The average molecular weight is 1390 g/mol. The molecule has 14 nitrogen and oxygen atoms in total. The number of aromatic amines is 1. The predicted molar refractivity (Wildman–Crippen MR) is 399 cm³/mol. The zero-order chi connectivity index (χ0) is 73.3. The number of alkyl halides is 6. The van der Waals surface area contributed by atoms with Crippen molar-refractivity contribution in [2.45, 2.75) is 119 Å². The predicted octanol–water partition coefficient (Wildman–Crippen LogP) is 20.4. The maximum atomic E-state index is 12.6. The summed E-state index contributed by atoms with van der Waals surface area (Å²) in [6.45, 7) is 17.9. The van der Waals surface area contributed by atoms with Gasteiger partial charge in [-0.25, -0.2) is 4.98 Å². The zero-order valence-electron chi connectivity index (χ0n) is 58.2. The maximum absolute atomic E-state index is 12.6. The minimum atomic E-state index is -4.38. The number of ether oxygens (including phenoxy) is 1. The van der Waals surface area contributed by atoms with Crippen molar-refractivity contribution in [1.29, 1.82) is 0 Å². The Morgan fingerprint density at radius 2 is 1.05 bits per heavy atom. The van der Waals surface area contributed by atoms with Crippen LogP contribution in [0.4, 0.5) is 54.9 Å². The third kappa shape index (κ3) is 20.6. The van der Waals surface area contributed by atoms with E-state index in [4.69, 9.17) is 4.74 Å². The number of carbonyl (C=O) groups is 4. The fraction of sp³-hybridized carbons (Fsp3) is 0.232. The molecular weight excluding hydrogens is 1300 g/mol. The highest BCUT2D eigenvalue weighted by Gasteiger charge is 2.25. The molecule has 6 N–H and O–H groups in total. The summed E-state index contributed by atoms with van der Waals surface area (Å²) in [5.41, 5.74) is 17.5. The zero-order valence-corrected chi connectivity index (χ0v) is 58.2. The van der Waals surface area contributed by atoms with E-state index < -0.39 is 12.4 Å².